The molecule has 2 heterocycles. The molecule has 0 radical (unpaired) electrons. The molecular weight excluding hydrogens is 1060 g/mol. The molecule has 2 unspecified atom stereocenters. The number of nitriles is 2. The van der Waals surface area contributed by atoms with Crippen LogP contribution < -0.4 is 21.8 Å². The van der Waals surface area contributed by atoms with Gasteiger partial charge in [0.15, 0.2) is 0 Å². The Bertz CT molecular complexity index is 3220. The topological polar surface area (TPSA) is 226 Å². The van der Waals surface area contributed by atoms with E-state index in [1.807, 2.05) is 12.1 Å². The second-order valence-electron chi connectivity index (χ2n) is 17.5. The smallest absolute Gasteiger partial charge is 0.380 e. The molecule has 78 heavy (non-hydrogen) atoms. The third-order valence-corrected chi connectivity index (χ3v) is 15.1. The van der Waals surface area contributed by atoms with Crippen LogP contribution in [0.2, 0.25) is 0 Å². The zero-order chi connectivity index (χ0) is 56.7. The minimum atomic E-state index is -4.74. The molecular formula is C55H51F6N7O8S2. The van der Waals surface area contributed by atoms with E-state index in [9.17, 15) is 64.5 Å². The molecule has 6 aromatic rings. The molecule has 0 aliphatic carbocycles. The van der Waals surface area contributed by atoms with Crippen LogP contribution in [-0.4, -0.2) is 74.6 Å². The van der Waals surface area contributed by atoms with Crippen LogP contribution in [0.1, 0.15) is 92.9 Å². The summed E-state index contributed by atoms with van der Waals surface area (Å²) in [5, 5.41) is 31.9. The van der Waals surface area contributed by atoms with Crippen molar-refractivity contribution in [3.8, 4) is 23.5 Å². The number of pyridine rings is 2. The first-order valence-corrected chi connectivity index (χ1v) is 26.4. The number of halogens is 6. The molecule has 3 N–H and O–H groups in total. The fourth-order valence-corrected chi connectivity index (χ4v) is 10.4. The lowest BCUT2D eigenvalue weighted by atomic mass is 10.1. The van der Waals surface area contributed by atoms with Crippen LogP contribution in [0.5, 0.6) is 0 Å². The van der Waals surface area contributed by atoms with Crippen molar-refractivity contribution in [2.45, 2.75) is 84.3 Å². The Kier molecular flexibility index (Phi) is 20.5. The number of alkyl halides is 6. The average Bonchev–Trinajstić information content (AvgIpc) is 3.48. The van der Waals surface area contributed by atoms with Gasteiger partial charge in [0.1, 0.15) is 11.1 Å². The molecule has 6 rings (SSSR count). The molecule has 0 saturated heterocycles. The summed E-state index contributed by atoms with van der Waals surface area (Å²) in [5.74, 6) is -1.74. The van der Waals surface area contributed by atoms with Gasteiger partial charge >= 0.3 is 12.4 Å². The van der Waals surface area contributed by atoms with Crippen LogP contribution in [0.3, 0.4) is 0 Å². The van der Waals surface area contributed by atoms with Crippen LogP contribution >= 0.6 is 0 Å². The molecule has 2 aromatic heterocycles. The summed E-state index contributed by atoms with van der Waals surface area (Å²) < 4.78 is 123. The number of carbonyl (C=O) groups is 2. The molecule has 2 atom stereocenters. The number of amides is 2. The SMILES string of the molecule is Cc1c(S(=O)c2ccc(C#N)cc2)cc(C(=O)NCCOCCCCC(=N)CCCCOCCNC(=O)c2cc(S(=O)c3ccc(C#N)cc3)c(C)n(-c3cccc(C(F)(F)F)c3)c2=O)c(=O)n1-c1cccc(C(F)(F)F)c1. The molecule has 0 saturated carbocycles. The number of unbranched alkanes of at least 4 members (excludes halogenated alkanes) is 2. The summed E-state index contributed by atoms with van der Waals surface area (Å²) in [6.45, 7) is 3.41. The van der Waals surface area contributed by atoms with Gasteiger partial charge in [-0.15, -0.1) is 0 Å². The van der Waals surface area contributed by atoms with E-state index in [4.69, 9.17) is 14.9 Å². The summed E-state index contributed by atoms with van der Waals surface area (Å²) in [6.07, 6.45) is -6.01. The maximum atomic E-state index is 13.8. The van der Waals surface area contributed by atoms with Crippen molar-refractivity contribution in [3.05, 3.63) is 175 Å². The second kappa shape index (κ2) is 27.0. The quantitative estimate of drug-likeness (QED) is 0.0296. The first-order chi connectivity index (χ1) is 37.1. The third-order valence-electron chi connectivity index (χ3n) is 12.0. The van der Waals surface area contributed by atoms with Gasteiger partial charge < -0.3 is 25.5 Å². The van der Waals surface area contributed by atoms with Crippen molar-refractivity contribution in [3.63, 3.8) is 0 Å². The summed E-state index contributed by atoms with van der Waals surface area (Å²) >= 11 is 0. The molecule has 0 bridgehead atoms. The minimum absolute atomic E-state index is 0.00752. The fraction of sp³-hybridized carbons (Fsp3) is 0.291. The maximum Gasteiger partial charge on any atom is 0.416 e. The second-order valence-corrected chi connectivity index (χ2v) is 20.4. The highest BCUT2D eigenvalue weighted by Crippen LogP contribution is 2.33. The Morgan fingerprint density at radius 3 is 1.29 bits per heavy atom. The van der Waals surface area contributed by atoms with Crippen LogP contribution in [-0.2, 0) is 43.4 Å². The van der Waals surface area contributed by atoms with Crippen LogP contribution in [0.15, 0.2) is 138 Å². The highest BCUT2D eigenvalue weighted by molar-refractivity contribution is 7.85. The summed E-state index contributed by atoms with van der Waals surface area (Å²) in [5.41, 5.74) is -4.07. The first kappa shape index (κ1) is 59.4. The van der Waals surface area contributed by atoms with E-state index >= 15 is 0 Å². The predicted molar refractivity (Wildman–Crippen MR) is 277 cm³/mol. The molecule has 0 aliphatic heterocycles. The Morgan fingerprint density at radius 1 is 0.577 bits per heavy atom. The van der Waals surface area contributed by atoms with Crippen molar-refractivity contribution in [1.29, 1.82) is 15.9 Å². The summed E-state index contributed by atoms with van der Waals surface area (Å²) in [7, 11) is -4.03. The molecule has 0 spiro atoms. The highest BCUT2D eigenvalue weighted by atomic mass is 32.2. The van der Waals surface area contributed by atoms with E-state index in [1.165, 1.54) is 74.5 Å². The zero-order valence-corrected chi connectivity index (χ0v) is 43.6. The molecule has 0 fully saturated rings. The Hall–Kier alpha value is -7.83. The number of hydrogen-bond acceptors (Lipinski definition) is 11. The van der Waals surface area contributed by atoms with E-state index in [-0.39, 0.29) is 68.6 Å². The van der Waals surface area contributed by atoms with E-state index in [1.54, 1.807) is 0 Å². The van der Waals surface area contributed by atoms with Crippen molar-refractivity contribution >= 4 is 39.1 Å². The van der Waals surface area contributed by atoms with Gasteiger partial charge in [0.25, 0.3) is 22.9 Å². The van der Waals surface area contributed by atoms with Crippen molar-refractivity contribution in [2.24, 2.45) is 0 Å². The number of hydrogen-bond donors (Lipinski definition) is 3. The van der Waals surface area contributed by atoms with Gasteiger partial charge in [-0.2, -0.15) is 36.9 Å². The lowest BCUT2D eigenvalue weighted by Crippen LogP contribution is -2.35. The molecule has 4 aromatic carbocycles. The molecule has 23 heteroatoms. The number of aromatic nitrogens is 2. The van der Waals surface area contributed by atoms with Gasteiger partial charge in [-0.05, 0) is 149 Å². The standard InChI is InChI=1S/C55H51F6N7O8S2/c1-35-48(77(73)44-19-15-37(33-62)16-20-44)31-46(52(71)67(35)42-13-7-9-39(29-42)54(56,57)58)50(69)65-23-27-75-25-5-3-11-41(64)12-4-6-26-76-28-24-66-51(70)47-32-49(78(74)45-21-17-38(34-63)18-22-45)36(2)68(53(47)72)43-14-8-10-40(30-43)55(59,60)61/h7-10,13-22,29-32,64H,3-6,11-12,23-28H2,1-2H3,(H,65,69)(H,66,70). The molecule has 2 amide bonds. The van der Waals surface area contributed by atoms with Gasteiger partial charge in [-0.25, -0.2) is 8.42 Å². The normalized spacial score (nSPS) is 12.3. The van der Waals surface area contributed by atoms with Crippen LogP contribution in [0.25, 0.3) is 11.4 Å². The van der Waals surface area contributed by atoms with Crippen LogP contribution in [0.4, 0.5) is 26.3 Å². The number of nitrogens with zero attached hydrogens (tertiary/aromatic N) is 4. The van der Waals surface area contributed by atoms with Gasteiger partial charge in [-0.1, -0.05) is 12.1 Å². The highest BCUT2D eigenvalue weighted by Gasteiger charge is 2.33. The van der Waals surface area contributed by atoms with E-state index in [0.29, 0.717) is 68.6 Å². The lowest BCUT2D eigenvalue weighted by Gasteiger charge is -2.18. The Morgan fingerprint density at radius 2 is 0.949 bits per heavy atom. The van der Waals surface area contributed by atoms with Gasteiger partial charge in [0.05, 0.1) is 79.0 Å². The summed E-state index contributed by atoms with van der Waals surface area (Å²) in [4.78, 5) is 54.8. The van der Waals surface area contributed by atoms with E-state index < -0.39 is 79.1 Å². The lowest BCUT2D eigenvalue weighted by molar-refractivity contribution is -0.138. The van der Waals surface area contributed by atoms with E-state index in [2.05, 4.69) is 10.6 Å². The molecule has 0 aliphatic rings. The number of carbonyl (C=O) groups excluding carboxylic acids is 2. The Balaban J connectivity index is 0.926. The van der Waals surface area contributed by atoms with Crippen molar-refractivity contribution in [2.75, 3.05) is 39.5 Å². The summed E-state index contributed by atoms with van der Waals surface area (Å²) in [6, 6.07) is 25.6. The Labute approximate surface area is 448 Å². The van der Waals surface area contributed by atoms with Crippen molar-refractivity contribution < 1.29 is 53.8 Å². The monoisotopic (exact) mass is 1120 g/mol. The molecule has 408 valence electrons. The van der Waals surface area contributed by atoms with E-state index in [0.717, 1.165) is 57.7 Å². The van der Waals surface area contributed by atoms with Gasteiger partial charge in [-0.3, -0.25) is 28.3 Å². The largest absolute Gasteiger partial charge is 0.416 e. The first-order valence-electron chi connectivity index (χ1n) is 24.1. The molecule has 15 nitrogen and oxygen atoms in total. The number of nitrogens with one attached hydrogen (secondary N) is 3. The zero-order valence-electron chi connectivity index (χ0n) is 42.0. The minimum Gasteiger partial charge on any atom is -0.380 e. The van der Waals surface area contributed by atoms with Crippen LogP contribution in [0, 0.1) is 41.9 Å². The van der Waals surface area contributed by atoms with Gasteiger partial charge in [0, 0.05) is 64.6 Å². The third kappa shape index (κ3) is 15.2. The number of rotatable bonds is 24. The van der Waals surface area contributed by atoms with Gasteiger partial charge in [0.2, 0.25) is 0 Å². The number of ether oxygens (including phenoxy) is 2. The van der Waals surface area contributed by atoms with Crippen molar-refractivity contribution in [1.82, 2.24) is 19.8 Å². The fourth-order valence-electron chi connectivity index (χ4n) is 7.96. The predicted octanol–water partition coefficient (Wildman–Crippen LogP) is 9.27. The average molecular weight is 1120 g/mol. The number of benzene rings is 4. The maximum absolute atomic E-state index is 13.8.